The molecule has 2 aromatic heterocycles. The molecule has 4 N–H and O–H groups in total. The minimum atomic E-state index is -1.07. The number of quaternary nitrogens is 1. The number of nitrogens with one attached hydrogen (secondary N) is 1. The van der Waals surface area contributed by atoms with E-state index in [4.69, 9.17) is 5.73 Å². The van der Waals surface area contributed by atoms with Gasteiger partial charge in [-0.1, -0.05) is 0 Å². The number of aromatic nitrogens is 4. The minimum absolute atomic E-state index is 0.0428. The third-order valence-electron chi connectivity index (χ3n) is 7.32. The van der Waals surface area contributed by atoms with Gasteiger partial charge in [0.25, 0.3) is 5.82 Å². The van der Waals surface area contributed by atoms with Crippen molar-refractivity contribution in [3.05, 3.63) is 23.8 Å². The zero-order valence-electron chi connectivity index (χ0n) is 20.1. The summed E-state index contributed by atoms with van der Waals surface area (Å²) in [6.45, 7) is 6.93. The molecule has 1 aromatic carbocycles. The molecule has 1 saturated heterocycles. The molecule has 2 aliphatic rings. The van der Waals surface area contributed by atoms with Crippen LogP contribution >= 0.6 is 0 Å². The van der Waals surface area contributed by atoms with Crippen LogP contribution in [-0.2, 0) is 10.2 Å². The van der Waals surface area contributed by atoms with Gasteiger partial charge in [0.2, 0.25) is 5.91 Å². The summed E-state index contributed by atoms with van der Waals surface area (Å²) < 4.78 is 0.481. The number of carboxylic acid groups (broad SMARTS) is 1. The number of likely N-dealkylation sites (tertiary alicyclic amines) is 1. The number of benzene rings is 1. The van der Waals surface area contributed by atoms with Gasteiger partial charge in [0.15, 0.2) is 5.82 Å². The summed E-state index contributed by atoms with van der Waals surface area (Å²) in [6, 6.07) is 5.95. The largest absolute Gasteiger partial charge is 0.520 e. The number of fused-ring (bicyclic) bond motifs is 2. The van der Waals surface area contributed by atoms with Gasteiger partial charge in [0.05, 0.1) is 35.2 Å². The van der Waals surface area contributed by atoms with E-state index in [0.29, 0.717) is 49.3 Å². The van der Waals surface area contributed by atoms with E-state index in [1.165, 1.54) is 0 Å². The van der Waals surface area contributed by atoms with Crippen molar-refractivity contribution in [1.82, 2.24) is 24.2 Å². The summed E-state index contributed by atoms with van der Waals surface area (Å²) in [4.78, 5) is 47.2. The summed E-state index contributed by atoms with van der Waals surface area (Å²) >= 11 is 0. The lowest BCUT2D eigenvalue weighted by Crippen LogP contribution is -2.56. The highest BCUT2D eigenvalue weighted by Gasteiger charge is 2.46. The second kappa shape index (κ2) is 7.91. The highest BCUT2D eigenvalue weighted by molar-refractivity contribution is 6.09. The Kier molecular flexibility index (Phi) is 5.20. The molecule has 0 spiro atoms. The molecule has 0 aliphatic carbocycles. The van der Waals surface area contributed by atoms with Gasteiger partial charge in [-0.15, -0.1) is 4.68 Å². The molecular formula is C24H29N7O4+. The number of amides is 3. The number of nitrogens with zero attached hydrogens (tertiary/aromatic N) is 5. The van der Waals surface area contributed by atoms with Gasteiger partial charge in [-0.25, -0.2) is 9.78 Å². The van der Waals surface area contributed by atoms with Crippen molar-refractivity contribution in [3.8, 4) is 11.5 Å². The van der Waals surface area contributed by atoms with Gasteiger partial charge in [-0.3, -0.25) is 4.79 Å². The topological polar surface area (TPSA) is 147 Å². The quantitative estimate of drug-likeness (QED) is 0.491. The van der Waals surface area contributed by atoms with E-state index in [2.05, 4.69) is 21.1 Å². The van der Waals surface area contributed by atoms with E-state index in [0.717, 1.165) is 28.8 Å². The van der Waals surface area contributed by atoms with Gasteiger partial charge < -0.3 is 20.7 Å². The third-order valence-corrected chi connectivity index (χ3v) is 7.32. The summed E-state index contributed by atoms with van der Waals surface area (Å²) in [6.07, 6.45) is 2.19. The molecule has 35 heavy (non-hydrogen) atoms. The molecule has 0 saturated carbocycles. The Hall–Kier alpha value is -3.73. The van der Waals surface area contributed by atoms with Crippen LogP contribution in [0.1, 0.15) is 52.0 Å². The molecule has 3 amide bonds. The highest BCUT2D eigenvalue weighted by Crippen LogP contribution is 2.43. The van der Waals surface area contributed by atoms with Crippen molar-refractivity contribution in [3.63, 3.8) is 0 Å². The fourth-order valence-electron chi connectivity index (χ4n) is 5.36. The van der Waals surface area contributed by atoms with Gasteiger partial charge in [-0.2, -0.15) is 14.4 Å². The molecule has 0 unspecified atom stereocenters. The summed E-state index contributed by atoms with van der Waals surface area (Å²) in [7, 11) is 0. The average Bonchev–Trinajstić information content (AvgIpc) is 3.41. The zero-order valence-corrected chi connectivity index (χ0v) is 20.1. The molecule has 0 atom stereocenters. The number of hydrogen-bond donors (Lipinski definition) is 3. The summed E-state index contributed by atoms with van der Waals surface area (Å²) in [5, 5.41) is 14.5. The van der Waals surface area contributed by atoms with Crippen LogP contribution in [0.5, 0.6) is 0 Å². The Morgan fingerprint density at radius 2 is 1.91 bits per heavy atom. The van der Waals surface area contributed by atoms with E-state index < -0.39 is 22.0 Å². The van der Waals surface area contributed by atoms with Crippen molar-refractivity contribution in [1.29, 1.82) is 0 Å². The van der Waals surface area contributed by atoms with E-state index in [-0.39, 0.29) is 17.4 Å². The van der Waals surface area contributed by atoms with Crippen molar-refractivity contribution >= 4 is 40.6 Å². The lowest BCUT2D eigenvalue weighted by atomic mass is 9.86. The minimum Gasteiger partial charge on any atom is -0.435 e. The van der Waals surface area contributed by atoms with Gasteiger partial charge >= 0.3 is 12.1 Å². The van der Waals surface area contributed by atoms with Gasteiger partial charge in [0.1, 0.15) is 11.8 Å². The Morgan fingerprint density at radius 3 is 2.51 bits per heavy atom. The maximum atomic E-state index is 12.9. The van der Waals surface area contributed by atoms with Crippen LogP contribution in [0, 0.1) is 6.07 Å². The first-order valence-corrected chi connectivity index (χ1v) is 11.9. The molecule has 11 heteroatoms. The fourth-order valence-corrected chi connectivity index (χ4v) is 5.36. The number of nitrogens with two attached hydrogens (primary N) is 1. The van der Waals surface area contributed by atoms with E-state index in [1.54, 1.807) is 4.90 Å². The summed E-state index contributed by atoms with van der Waals surface area (Å²) in [5.74, 6) is 0.491. The number of aromatic amines is 1. The highest BCUT2D eigenvalue weighted by atomic mass is 16.4. The second-order valence-electron chi connectivity index (χ2n) is 9.81. The molecule has 183 valence electrons. The van der Waals surface area contributed by atoms with E-state index in [1.807, 2.05) is 32.9 Å². The Balaban J connectivity index is 1.64. The first kappa shape index (κ1) is 23.0. The molecular weight excluding hydrogens is 450 g/mol. The number of carbonyl (C=O) groups excluding carboxylic acids is 2. The maximum Gasteiger partial charge on any atom is 0.520 e. The van der Waals surface area contributed by atoms with Crippen molar-refractivity contribution in [2.45, 2.75) is 51.9 Å². The normalized spacial score (nSPS) is 19.1. The second-order valence-corrected chi connectivity index (χ2v) is 9.81. The lowest BCUT2D eigenvalue weighted by molar-refractivity contribution is -0.122. The number of imidazole rings is 1. The number of anilines is 1. The third kappa shape index (κ3) is 3.33. The molecule has 1 radical (unpaired) electrons. The molecule has 0 bridgehead atoms. The number of likely N-dealkylation sites (N-methyl/N-ethyl adjacent to an activating group) is 1. The van der Waals surface area contributed by atoms with Crippen LogP contribution in [0.4, 0.5) is 21.1 Å². The van der Waals surface area contributed by atoms with Crippen LogP contribution in [0.2, 0.25) is 0 Å². The standard InChI is InChI=1S/C24H28N7O4/c1-4-29-18-12-16-15(11-14(18)24(2,3)21(29)32)26-20(27-16)17-13-19(30(28-17)22(25)33)31(23(34)35)9-7-5-6-8-10-31/h11-12H,4-10H2,1-3H3,(H3-,25,26,27,28,33,34,35)/p+1. The van der Waals surface area contributed by atoms with Gasteiger partial charge in [-0.05, 0) is 64.2 Å². The number of rotatable bonds is 3. The predicted molar refractivity (Wildman–Crippen MR) is 130 cm³/mol. The van der Waals surface area contributed by atoms with Crippen LogP contribution in [0.25, 0.3) is 22.6 Å². The Morgan fingerprint density at radius 1 is 1.23 bits per heavy atom. The number of carbonyl (C=O) groups is 3. The smallest absolute Gasteiger partial charge is 0.435 e. The molecule has 11 nitrogen and oxygen atoms in total. The SMILES string of the molecule is CCN1C(=O)C(C)(C)c2cc3[nH]c(-c4[c]c([N+]5(C(=O)O)CCCCCC5)n(C(N)=O)n4)nc3cc21. The first-order chi connectivity index (χ1) is 16.6. The average molecular weight is 480 g/mol. The Bertz CT molecular complexity index is 1360. The number of hydrogen-bond acceptors (Lipinski definition) is 5. The Labute approximate surface area is 202 Å². The number of H-pyrrole nitrogens is 1. The van der Waals surface area contributed by atoms with Crippen molar-refractivity contribution < 1.29 is 19.5 Å². The first-order valence-electron chi connectivity index (χ1n) is 11.9. The van der Waals surface area contributed by atoms with Crippen molar-refractivity contribution in [2.75, 3.05) is 24.5 Å². The fraction of sp³-hybridized carbons (Fsp3) is 0.458. The zero-order chi connectivity index (χ0) is 25.1. The van der Waals surface area contributed by atoms with Gasteiger partial charge in [0, 0.05) is 6.54 Å². The van der Waals surface area contributed by atoms with Crippen LogP contribution in [0.3, 0.4) is 0 Å². The predicted octanol–water partition coefficient (Wildman–Crippen LogP) is 3.36. The molecule has 5 rings (SSSR count). The van der Waals surface area contributed by atoms with Crippen LogP contribution in [-0.4, -0.2) is 62.5 Å². The molecule has 4 heterocycles. The number of primary amides is 1. The monoisotopic (exact) mass is 479 g/mol. The lowest BCUT2D eigenvalue weighted by Gasteiger charge is -2.29. The van der Waals surface area contributed by atoms with E-state index >= 15 is 0 Å². The van der Waals surface area contributed by atoms with Crippen LogP contribution < -0.4 is 15.1 Å². The molecule has 3 aromatic rings. The van der Waals surface area contributed by atoms with E-state index in [9.17, 15) is 19.5 Å². The van der Waals surface area contributed by atoms with Crippen LogP contribution in [0.15, 0.2) is 12.1 Å². The molecule has 2 aliphatic heterocycles. The maximum absolute atomic E-state index is 12.9. The molecule has 1 fully saturated rings. The summed E-state index contributed by atoms with van der Waals surface area (Å²) in [5.41, 5.74) is 8.20. The van der Waals surface area contributed by atoms with Crippen molar-refractivity contribution in [2.24, 2.45) is 5.73 Å².